The summed E-state index contributed by atoms with van der Waals surface area (Å²) < 4.78 is 0. The zero-order valence-electron chi connectivity index (χ0n) is 11.2. The second-order valence-electron chi connectivity index (χ2n) is 4.51. The number of nitrogens with zero attached hydrogens (tertiary/aromatic N) is 1. The van der Waals surface area contributed by atoms with Crippen LogP contribution in [0, 0.1) is 0 Å². The molecule has 1 N–H and O–H groups in total. The van der Waals surface area contributed by atoms with E-state index in [9.17, 15) is 4.79 Å². The van der Waals surface area contributed by atoms with Gasteiger partial charge in [-0.15, -0.1) is 0 Å². The Hall–Kier alpha value is -1.84. The maximum atomic E-state index is 12.3. The Morgan fingerprint density at radius 3 is 2.50 bits per heavy atom. The third-order valence-corrected chi connectivity index (χ3v) is 3.42. The molecule has 0 unspecified atom stereocenters. The first kappa shape index (κ1) is 14.6. The van der Waals surface area contributed by atoms with Crippen LogP contribution in [0.25, 0.3) is 11.1 Å². The highest BCUT2D eigenvalue weighted by Gasteiger charge is 2.15. The van der Waals surface area contributed by atoms with E-state index in [1.807, 2.05) is 36.4 Å². The number of likely N-dealkylation sites (N-methyl/N-ethyl adjacent to an activating group) is 1. The molecule has 0 bridgehead atoms. The van der Waals surface area contributed by atoms with E-state index in [2.05, 4.69) is 0 Å². The minimum Gasteiger partial charge on any atom is -0.395 e. The fourth-order valence-electron chi connectivity index (χ4n) is 1.96. The van der Waals surface area contributed by atoms with Crippen molar-refractivity contribution in [2.45, 2.75) is 0 Å². The van der Waals surface area contributed by atoms with Gasteiger partial charge in [0.25, 0.3) is 5.91 Å². The smallest absolute Gasteiger partial charge is 0.255 e. The molecule has 0 aliphatic rings. The van der Waals surface area contributed by atoms with Crippen molar-refractivity contribution in [2.24, 2.45) is 0 Å². The number of halogens is 1. The van der Waals surface area contributed by atoms with Crippen LogP contribution in [0.1, 0.15) is 10.4 Å². The first-order valence-electron chi connectivity index (χ1n) is 6.35. The standard InChI is InChI=1S/C16H16ClNO2/c1-18(9-10-19)16(20)14-11-13(7-8-15(14)17)12-5-3-2-4-6-12/h2-8,11,19H,9-10H2,1H3. The Morgan fingerprint density at radius 1 is 1.15 bits per heavy atom. The summed E-state index contributed by atoms with van der Waals surface area (Å²) in [6, 6.07) is 15.2. The van der Waals surface area contributed by atoms with E-state index in [4.69, 9.17) is 16.7 Å². The molecule has 4 heteroatoms. The molecule has 0 aliphatic heterocycles. The van der Waals surface area contributed by atoms with Gasteiger partial charge in [-0.2, -0.15) is 0 Å². The predicted molar refractivity (Wildman–Crippen MR) is 80.9 cm³/mol. The van der Waals surface area contributed by atoms with E-state index < -0.39 is 0 Å². The summed E-state index contributed by atoms with van der Waals surface area (Å²) in [5.41, 5.74) is 2.42. The highest BCUT2D eigenvalue weighted by atomic mass is 35.5. The van der Waals surface area contributed by atoms with Crippen LogP contribution in [0.3, 0.4) is 0 Å². The maximum absolute atomic E-state index is 12.3. The van der Waals surface area contributed by atoms with Crippen LogP contribution in [-0.4, -0.2) is 36.1 Å². The number of aliphatic hydroxyl groups is 1. The third kappa shape index (κ3) is 3.18. The van der Waals surface area contributed by atoms with Gasteiger partial charge in [-0.1, -0.05) is 48.0 Å². The molecule has 104 valence electrons. The molecule has 0 fully saturated rings. The molecule has 0 radical (unpaired) electrons. The fourth-order valence-corrected chi connectivity index (χ4v) is 2.15. The normalized spacial score (nSPS) is 10.3. The molecule has 2 rings (SSSR count). The topological polar surface area (TPSA) is 40.5 Å². The highest BCUT2D eigenvalue weighted by Crippen LogP contribution is 2.25. The predicted octanol–water partition coefficient (Wildman–Crippen LogP) is 3.07. The lowest BCUT2D eigenvalue weighted by molar-refractivity contribution is 0.0767. The van der Waals surface area contributed by atoms with Crippen molar-refractivity contribution in [3.63, 3.8) is 0 Å². The molecule has 3 nitrogen and oxygen atoms in total. The molecule has 0 saturated heterocycles. The third-order valence-electron chi connectivity index (χ3n) is 3.09. The van der Waals surface area contributed by atoms with E-state index in [0.29, 0.717) is 10.6 Å². The van der Waals surface area contributed by atoms with Crippen molar-refractivity contribution >= 4 is 17.5 Å². The highest BCUT2D eigenvalue weighted by molar-refractivity contribution is 6.34. The van der Waals surface area contributed by atoms with Crippen molar-refractivity contribution in [2.75, 3.05) is 20.2 Å². The van der Waals surface area contributed by atoms with Crippen LogP contribution < -0.4 is 0 Å². The number of carbonyl (C=O) groups is 1. The van der Waals surface area contributed by atoms with Gasteiger partial charge in [-0.25, -0.2) is 0 Å². The summed E-state index contributed by atoms with van der Waals surface area (Å²) in [6.07, 6.45) is 0. The monoisotopic (exact) mass is 289 g/mol. The van der Waals surface area contributed by atoms with E-state index in [-0.39, 0.29) is 19.1 Å². The number of aliphatic hydroxyl groups excluding tert-OH is 1. The fraction of sp³-hybridized carbons (Fsp3) is 0.188. The molecular weight excluding hydrogens is 274 g/mol. The quantitative estimate of drug-likeness (QED) is 0.940. The average Bonchev–Trinajstić information content (AvgIpc) is 2.48. The second-order valence-corrected chi connectivity index (χ2v) is 4.92. The zero-order chi connectivity index (χ0) is 14.5. The van der Waals surface area contributed by atoms with Crippen molar-refractivity contribution in [1.29, 1.82) is 0 Å². The van der Waals surface area contributed by atoms with Crippen LogP contribution in [0.5, 0.6) is 0 Å². The Kier molecular flexibility index (Phi) is 4.77. The van der Waals surface area contributed by atoms with E-state index in [0.717, 1.165) is 11.1 Å². The van der Waals surface area contributed by atoms with Gasteiger partial charge in [0.2, 0.25) is 0 Å². The zero-order valence-corrected chi connectivity index (χ0v) is 12.0. The molecule has 0 saturated carbocycles. The van der Waals surface area contributed by atoms with Crippen LogP contribution in [0.4, 0.5) is 0 Å². The van der Waals surface area contributed by atoms with Crippen molar-refractivity contribution in [3.05, 3.63) is 59.1 Å². The molecule has 0 spiro atoms. The van der Waals surface area contributed by atoms with Crippen molar-refractivity contribution in [1.82, 2.24) is 4.90 Å². The molecular formula is C16H16ClNO2. The molecule has 2 aromatic rings. The summed E-state index contributed by atoms with van der Waals surface area (Å²) in [5, 5.41) is 9.32. The first-order valence-corrected chi connectivity index (χ1v) is 6.72. The molecule has 0 aromatic heterocycles. The SMILES string of the molecule is CN(CCO)C(=O)c1cc(-c2ccccc2)ccc1Cl. The number of rotatable bonds is 4. The Bertz CT molecular complexity index is 599. The number of hydrogen-bond acceptors (Lipinski definition) is 2. The van der Waals surface area contributed by atoms with Crippen LogP contribution in [-0.2, 0) is 0 Å². The van der Waals surface area contributed by atoms with Gasteiger partial charge in [0, 0.05) is 13.6 Å². The Balaban J connectivity index is 2.37. The van der Waals surface area contributed by atoms with Crippen LogP contribution >= 0.6 is 11.6 Å². The van der Waals surface area contributed by atoms with Gasteiger partial charge >= 0.3 is 0 Å². The minimum absolute atomic E-state index is 0.0712. The number of hydrogen-bond donors (Lipinski definition) is 1. The van der Waals surface area contributed by atoms with Crippen LogP contribution in [0.15, 0.2) is 48.5 Å². The number of benzene rings is 2. The lowest BCUT2D eigenvalue weighted by Gasteiger charge is -2.17. The second kappa shape index (κ2) is 6.55. The molecule has 0 atom stereocenters. The molecule has 0 heterocycles. The minimum atomic E-state index is -0.193. The summed E-state index contributed by atoms with van der Waals surface area (Å²) in [6.45, 7) is 0.211. The van der Waals surface area contributed by atoms with Crippen molar-refractivity contribution < 1.29 is 9.90 Å². The summed E-state index contributed by atoms with van der Waals surface area (Å²) in [4.78, 5) is 13.7. The maximum Gasteiger partial charge on any atom is 0.255 e. The van der Waals surface area contributed by atoms with Gasteiger partial charge < -0.3 is 10.0 Å². The lowest BCUT2D eigenvalue weighted by Crippen LogP contribution is -2.29. The van der Waals surface area contributed by atoms with E-state index in [1.54, 1.807) is 19.2 Å². The van der Waals surface area contributed by atoms with Gasteiger partial charge in [0.15, 0.2) is 0 Å². The Morgan fingerprint density at radius 2 is 1.85 bits per heavy atom. The molecule has 0 aliphatic carbocycles. The summed E-state index contributed by atoms with van der Waals surface area (Å²) in [5.74, 6) is -0.193. The van der Waals surface area contributed by atoms with Gasteiger partial charge in [0.05, 0.1) is 17.2 Å². The lowest BCUT2D eigenvalue weighted by atomic mass is 10.0. The first-order chi connectivity index (χ1) is 9.63. The van der Waals surface area contributed by atoms with E-state index in [1.165, 1.54) is 4.90 Å². The molecule has 20 heavy (non-hydrogen) atoms. The largest absolute Gasteiger partial charge is 0.395 e. The Labute approximate surface area is 123 Å². The molecule has 1 amide bonds. The molecule has 2 aromatic carbocycles. The van der Waals surface area contributed by atoms with Gasteiger partial charge in [-0.05, 0) is 23.3 Å². The van der Waals surface area contributed by atoms with Gasteiger partial charge in [0.1, 0.15) is 0 Å². The summed E-state index contributed by atoms with van der Waals surface area (Å²) in [7, 11) is 1.64. The van der Waals surface area contributed by atoms with E-state index >= 15 is 0 Å². The summed E-state index contributed by atoms with van der Waals surface area (Å²) >= 11 is 6.11. The van der Waals surface area contributed by atoms with Gasteiger partial charge in [-0.3, -0.25) is 4.79 Å². The number of carbonyl (C=O) groups excluding carboxylic acids is 1. The van der Waals surface area contributed by atoms with Crippen LogP contribution in [0.2, 0.25) is 5.02 Å². The van der Waals surface area contributed by atoms with Crippen molar-refractivity contribution in [3.8, 4) is 11.1 Å². The number of amides is 1. The average molecular weight is 290 g/mol.